The standard InChI is InChI=1S/C15H17N3O/c1-18-7-6-16-15(18)9-14(19)13-8-11-4-2-3-5-12(11)10-17-13/h2-7,13,17H,8-10H2,1H3. The minimum Gasteiger partial charge on any atom is -0.338 e. The van der Waals surface area contributed by atoms with Gasteiger partial charge in [-0.3, -0.25) is 4.79 Å². The zero-order chi connectivity index (χ0) is 13.2. The second-order valence-corrected chi connectivity index (χ2v) is 5.00. The van der Waals surface area contributed by atoms with Crippen LogP contribution in [0.4, 0.5) is 0 Å². The first-order valence-electron chi connectivity index (χ1n) is 6.53. The molecule has 1 N–H and O–H groups in total. The van der Waals surface area contributed by atoms with Gasteiger partial charge < -0.3 is 9.88 Å². The zero-order valence-corrected chi connectivity index (χ0v) is 11.0. The topological polar surface area (TPSA) is 46.9 Å². The van der Waals surface area contributed by atoms with Gasteiger partial charge in [-0.25, -0.2) is 4.98 Å². The van der Waals surface area contributed by atoms with E-state index in [1.54, 1.807) is 6.20 Å². The molecule has 4 nitrogen and oxygen atoms in total. The van der Waals surface area contributed by atoms with Crippen molar-refractivity contribution in [2.75, 3.05) is 0 Å². The first-order valence-corrected chi connectivity index (χ1v) is 6.53. The van der Waals surface area contributed by atoms with Crippen molar-refractivity contribution in [3.8, 4) is 0 Å². The molecule has 0 fully saturated rings. The number of fused-ring (bicyclic) bond motifs is 1. The molecule has 0 saturated carbocycles. The number of nitrogens with zero attached hydrogens (tertiary/aromatic N) is 2. The van der Waals surface area contributed by atoms with Crippen LogP contribution in [0.15, 0.2) is 36.7 Å². The molecule has 1 aromatic carbocycles. The van der Waals surface area contributed by atoms with Gasteiger partial charge in [0.15, 0.2) is 5.78 Å². The number of ketones is 1. The molecule has 1 aliphatic heterocycles. The Bertz CT molecular complexity index is 603. The highest BCUT2D eigenvalue weighted by atomic mass is 16.1. The lowest BCUT2D eigenvalue weighted by Crippen LogP contribution is -2.42. The second-order valence-electron chi connectivity index (χ2n) is 5.00. The Morgan fingerprint density at radius 1 is 1.42 bits per heavy atom. The Kier molecular flexibility index (Phi) is 3.17. The van der Waals surface area contributed by atoms with Crippen molar-refractivity contribution in [2.24, 2.45) is 7.05 Å². The molecule has 1 unspecified atom stereocenters. The molecule has 0 radical (unpaired) electrons. The average Bonchev–Trinajstić information content (AvgIpc) is 2.84. The summed E-state index contributed by atoms with van der Waals surface area (Å²) in [6, 6.07) is 8.20. The van der Waals surface area contributed by atoms with Crippen LogP contribution in [0.2, 0.25) is 0 Å². The minimum atomic E-state index is -0.0911. The van der Waals surface area contributed by atoms with E-state index in [-0.39, 0.29) is 11.8 Å². The maximum absolute atomic E-state index is 12.3. The third kappa shape index (κ3) is 2.44. The van der Waals surface area contributed by atoms with Crippen LogP contribution in [0, 0.1) is 0 Å². The molecule has 3 rings (SSSR count). The minimum absolute atomic E-state index is 0.0911. The van der Waals surface area contributed by atoms with Crippen molar-refractivity contribution >= 4 is 5.78 Å². The van der Waals surface area contributed by atoms with E-state index in [0.29, 0.717) is 6.42 Å². The molecule has 0 amide bonds. The fourth-order valence-electron chi connectivity index (χ4n) is 2.53. The van der Waals surface area contributed by atoms with Crippen LogP contribution in [0.3, 0.4) is 0 Å². The van der Waals surface area contributed by atoms with Crippen LogP contribution >= 0.6 is 0 Å². The molecular formula is C15H17N3O. The number of aromatic nitrogens is 2. The fourth-order valence-corrected chi connectivity index (χ4v) is 2.53. The van der Waals surface area contributed by atoms with Crippen molar-refractivity contribution in [3.05, 3.63) is 53.6 Å². The molecule has 19 heavy (non-hydrogen) atoms. The van der Waals surface area contributed by atoms with Gasteiger partial charge >= 0.3 is 0 Å². The van der Waals surface area contributed by atoms with Crippen molar-refractivity contribution in [3.63, 3.8) is 0 Å². The summed E-state index contributed by atoms with van der Waals surface area (Å²) in [7, 11) is 1.92. The van der Waals surface area contributed by atoms with Gasteiger partial charge in [0, 0.05) is 26.0 Å². The molecule has 2 heterocycles. The van der Waals surface area contributed by atoms with E-state index in [1.165, 1.54) is 11.1 Å². The number of rotatable bonds is 3. The third-order valence-electron chi connectivity index (χ3n) is 3.72. The van der Waals surface area contributed by atoms with E-state index in [2.05, 4.69) is 22.4 Å². The Morgan fingerprint density at radius 2 is 2.21 bits per heavy atom. The van der Waals surface area contributed by atoms with E-state index < -0.39 is 0 Å². The first kappa shape index (κ1) is 12.1. The summed E-state index contributed by atoms with van der Waals surface area (Å²) in [5, 5.41) is 3.32. The highest BCUT2D eigenvalue weighted by Gasteiger charge is 2.24. The number of hydrogen-bond donors (Lipinski definition) is 1. The largest absolute Gasteiger partial charge is 0.338 e. The number of nitrogens with one attached hydrogen (secondary N) is 1. The number of imidazole rings is 1. The quantitative estimate of drug-likeness (QED) is 0.898. The molecular weight excluding hydrogens is 238 g/mol. The smallest absolute Gasteiger partial charge is 0.157 e. The summed E-state index contributed by atoms with van der Waals surface area (Å²) < 4.78 is 1.90. The number of aryl methyl sites for hydroxylation is 1. The number of carbonyl (C=O) groups excluding carboxylic acids is 1. The highest BCUT2D eigenvalue weighted by molar-refractivity contribution is 5.86. The van der Waals surface area contributed by atoms with Gasteiger partial charge in [-0.05, 0) is 17.5 Å². The van der Waals surface area contributed by atoms with Gasteiger partial charge in [-0.1, -0.05) is 24.3 Å². The van der Waals surface area contributed by atoms with Crippen LogP contribution in [-0.4, -0.2) is 21.4 Å². The Hall–Kier alpha value is -1.94. The summed E-state index contributed by atoms with van der Waals surface area (Å²) >= 11 is 0. The van der Waals surface area contributed by atoms with Gasteiger partial charge in [0.1, 0.15) is 5.82 Å². The lowest BCUT2D eigenvalue weighted by atomic mass is 9.93. The van der Waals surface area contributed by atoms with Crippen molar-refractivity contribution in [1.29, 1.82) is 0 Å². The number of Topliss-reactive ketones (excluding diaryl/α,β-unsaturated/α-hetero) is 1. The zero-order valence-electron chi connectivity index (χ0n) is 11.0. The van der Waals surface area contributed by atoms with E-state index >= 15 is 0 Å². The molecule has 0 bridgehead atoms. The Balaban J connectivity index is 1.71. The molecule has 0 aliphatic carbocycles. The van der Waals surface area contributed by atoms with Gasteiger partial charge in [0.05, 0.1) is 12.5 Å². The molecule has 2 aromatic rings. The van der Waals surface area contributed by atoms with Gasteiger partial charge in [-0.2, -0.15) is 0 Å². The molecule has 98 valence electrons. The van der Waals surface area contributed by atoms with Gasteiger partial charge in [0.25, 0.3) is 0 Å². The molecule has 0 spiro atoms. The monoisotopic (exact) mass is 255 g/mol. The molecule has 1 aromatic heterocycles. The summed E-state index contributed by atoms with van der Waals surface area (Å²) in [5.74, 6) is 1.04. The van der Waals surface area contributed by atoms with Crippen molar-refractivity contribution < 1.29 is 4.79 Å². The van der Waals surface area contributed by atoms with Crippen LogP contribution in [0.25, 0.3) is 0 Å². The summed E-state index contributed by atoms with van der Waals surface area (Å²) in [4.78, 5) is 16.5. The molecule has 1 aliphatic rings. The lowest BCUT2D eigenvalue weighted by Gasteiger charge is -2.25. The highest BCUT2D eigenvalue weighted by Crippen LogP contribution is 2.17. The van der Waals surface area contributed by atoms with E-state index in [9.17, 15) is 4.79 Å². The van der Waals surface area contributed by atoms with E-state index in [4.69, 9.17) is 0 Å². The lowest BCUT2D eigenvalue weighted by molar-refractivity contribution is -0.120. The predicted octanol–water partition coefficient (Wildman–Crippen LogP) is 1.25. The van der Waals surface area contributed by atoms with E-state index in [1.807, 2.05) is 29.9 Å². The van der Waals surface area contributed by atoms with E-state index in [0.717, 1.165) is 18.8 Å². The van der Waals surface area contributed by atoms with Crippen molar-refractivity contribution in [1.82, 2.24) is 14.9 Å². The van der Waals surface area contributed by atoms with Gasteiger partial charge in [0.2, 0.25) is 0 Å². The van der Waals surface area contributed by atoms with Crippen LogP contribution in [0.5, 0.6) is 0 Å². The third-order valence-corrected chi connectivity index (χ3v) is 3.72. The maximum Gasteiger partial charge on any atom is 0.157 e. The SMILES string of the molecule is Cn1ccnc1CC(=O)C1Cc2ccccc2CN1. The first-order chi connectivity index (χ1) is 9.24. The summed E-state index contributed by atoms with van der Waals surface area (Å²) in [6.45, 7) is 0.771. The Labute approximate surface area is 112 Å². The van der Waals surface area contributed by atoms with Gasteiger partial charge in [-0.15, -0.1) is 0 Å². The predicted molar refractivity (Wildman–Crippen MR) is 72.7 cm³/mol. The van der Waals surface area contributed by atoms with Crippen LogP contribution in [0.1, 0.15) is 17.0 Å². The van der Waals surface area contributed by atoms with Crippen molar-refractivity contribution in [2.45, 2.75) is 25.4 Å². The molecule has 0 saturated heterocycles. The van der Waals surface area contributed by atoms with Crippen LogP contribution < -0.4 is 5.32 Å². The molecule has 4 heteroatoms. The molecule has 1 atom stereocenters. The average molecular weight is 255 g/mol. The Morgan fingerprint density at radius 3 is 2.95 bits per heavy atom. The normalized spacial score (nSPS) is 18.1. The maximum atomic E-state index is 12.3. The number of carbonyl (C=O) groups is 1. The summed E-state index contributed by atoms with van der Waals surface area (Å²) in [5.41, 5.74) is 2.57. The fraction of sp³-hybridized carbons (Fsp3) is 0.333. The second kappa shape index (κ2) is 4.97. The van der Waals surface area contributed by atoms with Crippen LogP contribution in [-0.2, 0) is 31.2 Å². The number of benzene rings is 1. The number of hydrogen-bond acceptors (Lipinski definition) is 3. The summed E-state index contributed by atoms with van der Waals surface area (Å²) in [6.07, 6.45) is 4.77.